The molecule has 212 valence electrons. The number of rotatable bonds is 7. The summed E-state index contributed by atoms with van der Waals surface area (Å²) in [7, 11) is -1.95. The predicted octanol–water partition coefficient (Wildman–Crippen LogP) is 6.38. The molecule has 1 unspecified atom stereocenters. The maximum Gasteiger partial charge on any atom is 0.192 e. The third-order valence-electron chi connectivity index (χ3n) is 7.67. The molecule has 12 heteroatoms. The van der Waals surface area contributed by atoms with E-state index in [9.17, 15) is 5.11 Å². The standard InChI is InChI=1S/C28H33ClFN5O3SSi/c1-28(2,3)40(4,5)38-14-17-15-39-27(34-17)26(36)18-10-19(22(30)11-21(18)29)25-20-13-31-24(12-23(20)32-16-33-25)35-6-8-37-9-7-35/h10-13,15-16,26,36H,6-9,14H2,1-5H3. The van der Waals surface area contributed by atoms with Crippen molar-refractivity contribution in [2.75, 3.05) is 31.2 Å². The van der Waals surface area contributed by atoms with Gasteiger partial charge in [-0.15, -0.1) is 11.3 Å². The van der Waals surface area contributed by atoms with E-state index in [2.05, 4.69) is 58.7 Å². The molecule has 0 aliphatic carbocycles. The zero-order chi connectivity index (χ0) is 28.7. The van der Waals surface area contributed by atoms with E-state index < -0.39 is 20.2 Å². The molecule has 8 nitrogen and oxygen atoms in total. The first-order valence-electron chi connectivity index (χ1n) is 13.1. The van der Waals surface area contributed by atoms with Crippen molar-refractivity contribution >= 4 is 48.0 Å². The van der Waals surface area contributed by atoms with Crippen molar-refractivity contribution in [1.29, 1.82) is 0 Å². The monoisotopic (exact) mass is 601 g/mol. The summed E-state index contributed by atoms with van der Waals surface area (Å²) in [6.45, 7) is 14.1. The molecule has 1 aromatic carbocycles. The Morgan fingerprint density at radius 2 is 1.93 bits per heavy atom. The largest absolute Gasteiger partial charge is 0.411 e. The lowest BCUT2D eigenvalue weighted by atomic mass is 10.0. The van der Waals surface area contributed by atoms with Crippen molar-refractivity contribution in [3.63, 3.8) is 0 Å². The summed E-state index contributed by atoms with van der Waals surface area (Å²) in [5.74, 6) is 0.228. The van der Waals surface area contributed by atoms with Gasteiger partial charge in [0.2, 0.25) is 0 Å². The second kappa shape index (κ2) is 11.4. The summed E-state index contributed by atoms with van der Waals surface area (Å²) >= 11 is 7.75. The lowest BCUT2D eigenvalue weighted by Crippen LogP contribution is -2.40. The smallest absolute Gasteiger partial charge is 0.192 e. The lowest BCUT2D eigenvalue weighted by molar-refractivity contribution is 0.122. The van der Waals surface area contributed by atoms with Crippen molar-refractivity contribution in [3.8, 4) is 11.3 Å². The van der Waals surface area contributed by atoms with Gasteiger partial charge in [0.1, 0.15) is 29.1 Å². The van der Waals surface area contributed by atoms with E-state index in [1.165, 1.54) is 29.8 Å². The van der Waals surface area contributed by atoms with Crippen molar-refractivity contribution in [1.82, 2.24) is 19.9 Å². The Morgan fingerprint density at radius 1 is 1.18 bits per heavy atom. The number of ether oxygens (including phenoxy) is 1. The first-order chi connectivity index (χ1) is 18.9. The molecule has 5 rings (SSSR count). The Labute approximate surface area is 243 Å². The Hall–Kier alpha value is -2.54. The van der Waals surface area contributed by atoms with Crippen LogP contribution in [-0.4, -0.2) is 59.7 Å². The second-order valence-corrected chi connectivity index (χ2v) is 17.5. The van der Waals surface area contributed by atoms with Crippen molar-refractivity contribution in [2.45, 2.75) is 51.6 Å². The predicted molar refractivity (Wildman–Crippen MR) is 159 cm³/mol. The van der Waals surface area contributed by atoms with Crippen LogP contribution in [0.3, 0.4) is 0 Å². The van der Waals surface area contributed by atoms with Crippen LogP contribution in [0, 0.1) is 5.82 Å². The number of anilines is 1. The average Bonchev–Trinajstić information content (AvgIpc) is 3.40. The topological polar surface area (TPSA) is 93.5 Å². The van der Waals surface area contributed by atoms with Crippen molar-refractivity contribution < 1.29 is 18.7 Å². The molecule has 40 heavy (non-hydrogen) atoms. The molecular weight excluding hydrogens is 569 g/mol. The number of hydrogen-bond donors (Lipinski definition) is 1. The number of halogens is 2. The SMILES string of the molecule is CC(C)(C)[Si](C)(C)OCc1csc(C(O)c2cc(-c3ncnc4cc(N5CCOCC5)ncc34)c(F)cc2Cl)n1. The van der Waals surface area contributed by atoms with Crippen LogP contribution in [0.2, 0.25) is 23.2 Å². The van der Waals surface area contributed by atoms with Crippen LogP contribution in [0.1, 0.15) is 43.1 Å². The maximum atomic E-state index is 15.3. The minimum absolute atomic E-state index is 0.0775. The fraction of sp³-hybridized carbons (Fsp3) is 0.429. The van der Waals surface area contributed by atoms with Crippen LogP contribution in [0.4, 0.5) is 10.2 Å². The number of hydrogen-bond acceptors (Lipinski definition) is 9. The summed E-state index contributed by atoms with van der Waals surface area (Å²) in [5, 5.41) is 14.4. The van der Waals surface area contributed by atoms with Crippen LogP contribution in [-0.2, 0) is 15.8 Å². The molecule has 1 aliphatic rings. The average molecular weight is 602 g/mol. The van der Waals surface area contributed by atoms with E-state index >= 15 is 4.39 Å². The summed E-state index contributed by atoms with van der Waals surface area (Å²) < 4.78 is 27.0. The highest BCUT2D eigenvalue weighted by Crippen LogP contribution is 2.39. The van der Waals surface area contributed by atoms with E-state index in [1.54, 1.807) is 6.20 Å². The normalized spacial score (nSPS) is 15.6. The van der Waals surface area contributed by atoms with Crippen LogP contribution < -0.4 is 4.90 Å². The number of aliphatic hydroxyl groups excluding tert-OH is 1. The van der Waals surface area contributed by atoms with Gasteiger partial charge in [-0.25, -0.2) is 24.3 Å². The fourth-order valence-corrected chi connectivity index (χ4v) is 6.20. The third kappa shape index (κ3) is 5.90. The van der Waals surface area contributed by atoms with Gasteiger partial charge in [-0.2, -0.15) is 0 Å². The molecule has 1 saturated heterocycles. The summed E-state index contributed by atoms with van der Waals surface area (Å²) in [4.78, 5) is 20.1. The van der Waals surface area contributed by atoms with E-state index in [1.807, 2.05) is 11.4 Å². The van der Waals surface area contributed by atoms with Gasteiger partial charge in [-0.3, -0.25) is 0 Å². The highest BCUT2D eigenvalue weighted by Gasteiger charge is 2.37. The number of pyridine rings is 1. The van der Waals surface area contributed by atoms with Gasteiger partial charge < -0.3 is 19.2 Å². The number of thiazole rings is 1. The second-order valence-electron chi connectivity index (χ2n) is 11.4. The van der Waals surface area contributed by atoms with E-state index in [0.717, 1.165) is 24.6 Å². The first-order valence-corrected chi connectivity index (χ1v) is 17.3. The van der Waals surface area contributed by atoms with Crippen molar-refractivity contribution in [2.24, 2.45) is 0 Å². The minimum atomic E-state index is -1.95. The molecule has 1 atom stereocenters. The molecule has 1 fully saturated rings. The summed E-state index contributed by atoms with van der Waals surface area (Å²) in [6.07, 6.45) is 1.92. The van der Waals surface area contributed by atoms with Crippen LogP contribution in [0.5, 0.6) is 0 Å². The number of aliphatic hydroxyl groups is 1. The quantitative estimate of drug-likeness (QED) is 0.244. The molecule has 0 radical (unpaired) electrons. The number of nitrogens with zero attached hydrogens (tertiary/aromatic N) is 5. The van der Waals surface area contributed by atoms with Gasteiger partial charge in [0.15, 0.2) is 8.32 Å². The molecule has 3 aromatic heterocycles. The zero-order valence-corrected chi connectivity index (χ0v) is 25.8. The van der Waals surface area contributed by atoms with Gasteiger partial charge in [0, 0.05) is 52.3 Å². The summed E-state index contributed by atoms with van der Waals surface area (Å²) in [5.41, 5.74) is 2.30. The molecule has 0 amide bonds. The molecular formula is C28H33ClFN5O3SSi. The molecule has 4 heterocycles. The Morgan fingerprint density at radius 3 is 2.65 bits per heavy atom. The van der Waals surface area contributed by atoms with Crippen LogP contribution in [0.15, 0.2) is 36.1 Å². The zero-order valence-electron chi connectivity index (χ0n) is 23.2. The van der Waals surface area contributed by atoms with E-state index in [-0.39, 0.29) is 15.6 Å². The van der Waals surface area contributed by atoms with Gasteiger partial charge in [-0.05, 0) is 30.3 Å². The number of fused-ring (bicyclic) bond motifs is 1. The Kier molecular flexibility index (Phi) is 8.24. The molecule has 4 aromatic rings. The lowest BCUT2D eigenvalue weighted by Gasteiger charge is -2.35. The van der Waals surface area contributed by atoms with E-state index in [0.29, 0.717) is 47.0 Å². The molecule has 1 N–H and O–H groups in total. The Balaban J connectivity index is 1.43. The van der Waals surface area contributed by atoms with Crippen LogP contribution in [0.25, 0.3) is 22.2 Å². The minimum Gasteiger partial charge on any atom is -0.411 e. The van der Waals surface area contributed by atoms with Gasteiger partial charge in [-0.1, -0.05) is 32.4 Å². The maximum absolute atomic E-state index is 15.3. The highest BCUT2D eigenvalue weighted by atomic mass is 35.5. The molecule has 0 spiro atoms. The van der Waals surface area contributed by atoms with Gasteiger partial charge in [0.25, 0.3) is 0 Å². The van der Waals surface area contributed by atoms with Crippen molar-refractivity contribution in [3.05, 3.63) is 63.2 Å². The van der Waals surface area contributed by atoms with Crippen LogP contribution >= 0.6 is 22.9 Å². The first kappa shape index (κ1) is 29.0. The number of morpholine rings is 1. The third-order valence-corrected chi connectivity index (χ3v) is 13.4. The molecule has 0 bridgehead atoms. The molecule has 1 aliphatic heterocycles. The van der Waals surface area contributed by atoms with Gasteiger partial charge >= 0.3 is 0 Å². The number of aromatic nitrogens is 4. The number of benzene rings is 1. The fourth-order valence-electron chi connectivity index (χ4n) is 4.20. The van der Waals surface area contributed by atoms with E-state index in [4.69, 9.17) is 20.8 Å². The highest BCUT2D eigenvalue weighted by molar-refractivity contribution is 7.09. The Bertz CT molecular complexity index is 1520. The van der Waals surface area contributed by atoms with Gasteiger partial charge in [0.05, 0.1) is 36.7 Å². The molecule has 0 saturated carbocycles. The summed E-state index contributed by atoms with van der Waals surface area (Å²) in [6, 6.07) is 4.61.